The molecule has 1 aromatic heterocycles. The highest BCUT2D eigenvalue weighted by Crippen LogP contribution is 2.42. The molecule has 7 aliphatic rings. The Bertz CT molecular complexity index is 5210. The summed E-state index contributed by atoms with van der Waals surface area (Å²) in [5, 5.41) is 57.9. The molecule has 2 saturated carbocycles. The van der Waals surface area contributed by atoms with Crippen LogP contribution in [0.15, 0.2) is 53.8 Å². The third-order valence-corrected chi connectivity index (χ3v) is 30.6. The highest BCUT2D eigenvalue weighted by molar-refractivity contribution is 8.77. The van der Waals surface area contributed by atoms with E-state index in [1.54, 1.807) is 74.5 Å². The summed E-state index contributed by atoms with van der Waals surface area (Å²) in [6.45, 7) is 4.29. The number of nitrogens with one attached hydrogen (secondary N) is 11. The van der Waals surface area contributed by atoms with E-state index < -0.39 is 192 Å². The van der Waals surface area contributed by atoms with Gasteiger partial charge in [0.1, 0.15) is 71.9 Å². The van der Waals surface area contributed by atoms with Crippen LogP contribution in [-0.2, 0) is 87.9 Å². The number of carbonyl (C=O) groups is 17. The van der Waals surface area contributed by atoms with Crippen LogP contribution in [-0.4, -0.2) is 321 Å². The van der Waals surface area contributed by atoms with Gasteiger partial charge in [0.25, 0.3) is 5.91 Å². The van der Waals surface area contributed by atoms with Gasteiger partial charge in [-0.05, 0) is 147 Å². The molecule has 51 heteroatoms. The van der Waals surface area contributed by atoms with Crippen LogP contribution in [0.1, 0.15) is 183 Å². The molecule has 142 heavy (non-hydrogen) atoms. The molecule has 47 nitrogen and oxygen atoms in total. The smallest absolute Gasteiger partial charge is 0.410 e. The molecule has 774 valence electrons. The van der Waals surface area contributed by atoms with Gasteiger partial charge in [-0.3, -0.25) is 82.2 Å². The number of methoxy groups -OCH3 is 1. The standard InChI is InChI=1S/C91H128N24O23S4/c1-6-67-87(132)111(4)70-42-101-90(110-77(70)115(67)55-18-7-8-19-55)108-60-29-24-52(38-71(60)136-5)58(93)41-98-53-25-27-54(28-26-53)112(35-37-137-36-12-10-16-51-17-13-20-56-57(51)45-114(86(56)131)69-30-31-72(116)109-85(69)130)91(135)138-49(2)50(3)142-141-46-59(94)78(123)106-65-47-139-140-48-66(88(133)134)107-82(127)64(40-76(121)122)105-84(129)68-23-15-34-113(68)74(118)44-100-80(125)61(21-9-11-32-92)103-81(126)63(39-75(119)120)102-73(117)43-99-79(124)62(104-83(65)128)22-14-33-97-89(95)96/h13,17,20,24,29,38,41-42,49-50,53-55,59,61-69,98H,6-9,11-12,14-15,18-19,21-23,25-28,30-37,39-40,43-48,92-94H2,1-5H3,(H,99,124)(H,100,125)(H,102,117)(H,103,126)(H,104,128)(H,105,129)(H,106,123)(H,107,127)(H,119,120)(H,121,122)(H,133,134)(H4,95,96,97)(H,101,108,110)(H,109,116,130)/b58-41-/t49?,50?,53?,54?,59?,61-,62-,63-,64-,65-,66-,67+,68-,69?/m0/s1. The van der Waals surface area contributed by atoms with Crippen molar-refractivity contribution < 1.29 is 111 Å². The summed E-state index contributed by atoms with van der Waals surface area (Å²) in [7, 11) is 7.20. The van der Waals surface area contributed by atoms with Crippen LogP contribution < -0.4 is 102 Å². The first kappa shape index (κ1) is 111. The zero-order valence-electron chi connectivity index (χ0n) is 79.7. The van der Waals surface area contributed by atoms with Gasteiger partial charge >= 0.3 is 24.0 Å². The van der Waals surface area contributed by atoms with Crippen molar-refractivity contribution in [1.29, 1.82) is 0 Å². The number of benzene rings is 2. The maximum atomic E-state index is 14.7. The topological polar surface area (TPSA) is 695 Å². The van der Waals surface area contributed by atoms with E-state index in [9.17, 15) is 96.8 Å². The summed E-state index contributed by atoms with van der Waals surface area (Å²) in [6, 6.07) is -3.74. The molecule has 24 N–H and O–H groups in total. The van der Waals surface area contributed by atoms with Gasteiger partial charge in [0.2, 0.25) is 76.8 Å². The van der Waals surface area contributed by atoms with Crippen LogP contribution in [0.3, 0.4) is 0 Å². The number of imide groups is 1. The van der Waals surface area contributed by atoms with Gasteiger partial charge < -0.3 is 136 Å². The molecule has 3 saturated heterocycles. The minimum absolute atomic E-state index is 0.00480. The van der Waals surface area contributed by atoms with Crippen LogP contribution in [0.2, 0.25) is 0 Å². The normalized spacial score (nSPS) is 23.5. The third kappa shape index (κ3) is 31.7. The number of anilines is 4. The fourth-order valence-electron chi connectivity index (χ4n) is 17.3. The lowest BCUT2D eigenvalue weighted by atomic mass is 9.90. The Morgan fingerprint density at radius 2 is 1.42 bits per heavy atom. The summed E-state index contributed by atoms with van der Waals surface area (Å²) < 4.78 is 18.2. The van der Waals surface area contributed by atoms with Crippen molar-refractivity contribution in [1.82, 2.24) is 77.8 Å². The number of likely N-dealkylation sites (N-methyl/N-ethyl adjacent to an activating group) is 1. The Kier molecular flexibility index (Phi) is 42.8. The van der Waals surface area contributed by atoms with Gasteiger partial charge in [-0.15, -0.1) is 0 Å². The van der Waals surface area contributed by atoms with E-state index in [2.05, 4.69) is 85.2 Å². The number of carboxylic acids is 3. The molecule has 5 aliphatic heterocycles. The first-order valence-corrected chi connectivity index (χ1v) is 52.1. The van der Waals surface area contributed by atoms with Crippen molar-refractivity contribution in [2.75, 3.05) is 99.0 Å². The number of rotatable bonds is 36. The average molecular weight is 2050 g/mol. The van der Waals surface area contributed by atoms with Crippen LogP contribution in [0.25, 0.3) is 5.70 Å². The number of ether oxygens (including phenoxy) is 3. The number of nitrogens with two attached hydrogens (primary N) is 5. The van der Waals surface area contributed by atoms with E-state index >= 15 is 0 Å². The molecule has 14 amide bonds. The molecular formula is C91H128N24O23S4. The molecule has 12 atom stereocenters. The van der Waals surface area contributed by atoms with Crippen LogP contribution >= 0.6 is 43.2 Å². The van der Waals surface area contributed by atoms with Gasteiger partial charge in [-0.25, -0.2) is 14.6 Å². The minimum Gasteiger partial charge on any atom is -0.495 e. The van der Waals surface area contributed by atoms with E-state index in [0.29, 0.717) is 95.4 Å². The molecule has 0 radical (unpaired) electrons. The number of aromatic nitrogens is 2. The van der Waals surface area contributed by atoms with Crippen molar-refractivity contribution in [3.05, 3.63) is 71.0 Å². The van der Waals surface area contributed by atoms with E-state index in [0.717, 1.165) is 63.0 Å². The van der Waals surface area contributed by atoms with Crippen LogP contribution in [0.5, 0.6) is 5.75 Å². The number of aliphatic imine (C=N–C) groups is 1. The number of piperidine rings is 1. The Hall–Kier alpha value is -12.6. The van der Waals surface area contributed by atoms with E-state index in [1.165, 1.54) is 15.7 Å². The Morgan fingerprint density at radius 3 is 2.11 bits per heavy atom. The summed E-state index contributed by atoms with van der Waals surface area (Å²) in [5.41, 5.74) is 34.2. The predicted molar refractivity (Wildman–Crippen MR) is 529 cm³/mol. The number of hydrogen-bond acceptors (Lipinski definition) is 33. The highest BCUT2D eigenvalue weighted by Gasteiger charge is 2.45. The Balaban J connectivity index is 0.804. The first-order chi connectivity index (χ1) is 67.9. The number of hydrogen-bond donors (Lipinski definition) is 19. The Morgan fingerprint density at radius 1 is 0.746 bits per heavy atom. The highest BCUT2D eigenvalue weighted by atomic mass is 33.1. The molecule has 2 aliphatic carbocycles. The zero-order chi connectivity index (χ0) is 103. The number of fused-ring (bicyclic) bond motifs is 3. The number of carbonyl (C=O) groups excluding carboxylic acids is 14. The van der Waals surface area contributed by atoms with Crippen molar-refractivity contribution in [3.63, 3.8) is 0 Å². The number of amides is 14. The van der Waals surface area contributed by atoms with Crippen molar-refractivity contribution >= 4 is 179 Å². The maximum absolute atomic E-state index is 14.7. The first-order valence-electron chi connectivity index (χ1n) is 47.2. The lowest BCUT2D eigenvalue weighted by Gasteiger charge is -2.43. The van der Waals surface area contributed by atoms with Gasteiger partial charge in [-0.1, -0.05) is 86.9 Å². The molecule has 10 rings (SSSR count). The lowest BCUT2D eigenvalue weighted by Crippen LogP contribution is -2.58. The third-order valence-electron chi connectivity index (χ3n) is 25.2. The van der Waals surface area contributed by atoms with Crippen molar-refractivity contribution in [2.45, 2.75) is 252 Å². The van der Waals surface area contributed by atoms with E-state index in [1.807, 2.05) is 19.1 Å². The lowest BCUT2D eigenvalue weighted by molar-refractivity contribution is -0.144. The molecule has 0 bridgehead atoms. The van der Waals surface area contributed by atoms with Gasteiger partial charge in [0, 0.05) is 110 Å². The molecule has 6 heterocycles. The maximum Gasteiger partial charge on any atom is 0.410 e. The number of nitrogens with zero attached hydrogens (tertiary/aromatic N) is 8. The monoisotopic (exact) mass is 2050 g/mol. The summed E-state index contributed by atoms with van der Waals surface area (Å²) in [5.74, 6) is -9.00. The van der Waals surface area contributed by atoms with Crippen molar-refractivity contribution in [3.8, 4) is 17.6 Å². The second-order valence-corrected chi connectivity index (χ2v) is 40.5. The second-order valence-electron chi connectivity index (χ2n) is 35.2. The number of aliphatic carboxylic acids is 3. The largest absolute Gasteiger partial charge is 0.495 e. The van der Waals surface area contributed by atoms with E-state index in [4.69, 9.17) is 47.9 Å². The SMILES string of the molecule is CC[C@@H]1C(=O)N(C)c2cnc(Nc3ccc(/C(N)=C/NC4CCC(N(CCOCCC#Cc5cccc6c5CN(C5CCC(=O)NC5=O)C6=O)C(=O)OC(C)C(C)SSCC(N)C(=O)N[C@H]5CSSC[C@@H](C(=O)O)NC(=O)[C@H](CC(=O)O)NC(=O)[C@@H]6CCCN6C(=O)CNC(=O)[C@H](CCCCN)NC(=O)[C@H](CC(=O)O)NC(=O)CNC(=O)[C@H](CCCN=C(N)N)NC5=O)CC4)cc3OC)nc2N1C1CCCC1. The number of guanidine groups is 1. The van der Waals surface area contributed by atoms with Crippen LogP contribution in [0, 0.1) is 11.8 Å². The van der Waals surface area contributed by atoms with E-state index in [-0.39, 0.29) is 151 Å². The predicted octanol–water partition coefficient (Wildman–Crippen LogP) is -0.222. The quantitative estimate of drug-likeness (QED) is 0.00893. The number of unbranched alkanes of at least 4 members (excludes halogenated alkanes) is 1. The fraction of sp³-hybridized carbons (Fsp3) is 0.582. The molecule has 3 aromatic rings. The average Bonchev–Trinajstić information content (AvgIpc) is 1.38. The van der Waals surface area contributed by atoms with Crippen molar-refractivity contribution in [2.24, 2.45) is 33.7 Å². The summed E-state index contributed by atoms with van der Waals surface area (Å²) in [4.78, 5) is 252. The molecular weight excluding hydrogens is 1930 g/mol. The van der Waals surface area contributed by atoms with Gasteiger partial charge in [0.15, 0.2) is 11.8 Å². The fourth-order valence-corrected chi connectivity index (χ4v) is 22.2. The molecule has 2 aromatic carbocycles. The Labute approximate surface area is 836 Å². The minimum atomic E-state index is -1.92. The van der Waals surface area contributed by atoms with Gasteiger partial charge in [-0.2, -0.15) is 4.98 Å². The summed E-state index contributed by atoms with van der Waals surface area (Å²) >= 11 is 0. The molecule has 4 unspecified atom stereocenters. The van der Waals surface area contributed by atoms with Gasteiger partial charge in [0.05, 0.1) is 69.9 Å². The molecule has 5 fully saturated rings. The molecule has 0 spiro atoms. The number of carboxylic acid groups (broad SMARTS) is 3. The second kappa shape index (κ2) is 54.6. The summed E-state index contributed by atoms with van der Waals surface area (Å²) in [6.07, 6.45) is 7.85. The zero-order valence-corrected chi connectivity index (χ0v) is 83.0. The van der Waals surface area contributed by atoms with Crippen LogP contribution in [0.4, 0.5) is 27.9 Å².